The normalized spacial score (nSPS) is 11.5. The predicted octanol–water partition coefficient (Wildman–Crippen LogP) is 2.46. The molecule has 8 heteroatoms. The van der Waals surface area contributed by atoms with Crippen molar-refractivity contribution in [2.24, 2.45) is 0 Å². The zero-order valence-corrected chi connectivity index (χ0v) is 8.49. The Morgan fingerprint density at radius 3 is 2.13 bits per heavy atom. The second kappa shape index (κ2) is 4.32. The molecule has 0 atom stereocenters. The predicted molar refractivity (Wildman–Crippen MR) is 46.8 cm³/mol. The first-order chi connectivity index (χ1) is 6.82. The van der Waals surface area contributed by atoms with Gasteiger partial charge in [-0.1, -0.05) is 23.2 Å². The quantitative estimate of drug-likeness (QED) is 0.766. The molecule has 0 saturated heterocycles. The number of ketones is 1. The van der Waals surface area contributed by atoms with Gasteiger partial charge in [0.25, 0.3) is 0 Å². The highest BCUT2D eigenvalue weighted by molar-refractivity contribution is 6.34. The lowest BCUT2D eigenvalue weighted by Crippen LogP contribution is -2.25. The fraction of sp³-hybridized carbons (Fsp3) is 0.286. The Hall–Kier alpha value is -0.880. The van der Waals surface area contributed by atoms with Gasteiger partial charge in [0.15, 0.2) is 0 Å². The summed E-state index contributed by atoms with van der Waals surface area (Å²) < 4.78 is 35.8. The van der Waals surface area contributed by atoms with E-state index in [1.165, 1.54) is 0 Å². The fourth-order valence-corrected chi connectivity index (χ4v) is 1.23. The van der Waals surface area contributed by atoms with Crippen molar-refractivity contribution in [3.05, 3.63) is 22.2 Å². The number of aromatic nitrogens is 2. The van der Waals surface area contributed by atoms with Gasteiger partial charge in [0.1, 0.15) is 16.6 Å². The Morgan fingerprint density at radius 2 is 1.73 bits per heavy atom. The highest BCUT2D eigenvalue weighted by atomic mass is 35.5. The molecular formula is C7H3Cl2F3N2O. The van der Waals surface area contributed by atoms with Crippen molar-refractivity contribution in [1.82, 2.24) is 9.97 Å². The molecule has 0 radical (unpaired) electrons. The number of alkyl halides is 3. The third-order valence-corrected chi connectivity index (χ3v) is 2.15. The van der Waals surface area contributed by atoms with Gasteiger partial charge >= 0.3 is 6.18 Å². The first-order valence-electron chi connectivity index (χ1n) is 3.57. The summed E-state index contributed by atoms with van der Waals surface area (Å²) in [5.74, 6) is -1.94. The number of hydrogen-bond acceptors (Lipinski definition) is 3. The second-order valence-corrected chi connectivity index (χ2v) is 3.25. The number of nitrogens with zero attached hydrogens (tertiary/aromatic N) is 2. The van der Waals surface area contributed by atoms with Gasteiger partial charge in [-0.2, -0.15) is 13.2 Å². The van der Waals surface area contributed by atoms with Gasteiger partial charge < -0.3 is 0 Å². The van der Waals surface area contributed by atoms with Crippen molar-refractivity contribution in [1.29, 1.82) is 0 Å². The molecule has 15 heavy (non-hydrogen) atoms. The smallest absolute Gasteiger partial charge is 0.289 e. The van der Waals surface area contributed by atoms with Crippen LogP contribution in [0.15, 0.2) is 6.33 Å². The van der Waals surface area contributed by atoms with Gasteiger partial charge in [0, 0.05) is 12.0 Å². The van der Waals surface area contributed by atoms with Crippen LogP contribution in [0.2, 0.25) is 10.3 Å². The molecule has 0 amide bonds. The van der Waals surface area contributed by atoms with Crippen molar-refractivity contribution < 1.29 is 18.0 Å². The zero-order valence-electron chi connectivity index (χ0n) is 6.98. The molecular weight excluding hydrogens is 256 g/mol. The maximum Gasteiger partial charge on any atom is 0.450 e. The molecule has 1 aromatic heterocycles. The van der Waals surface area contributed by atoms with Crippen LogP contribution in [0, 0.1) is 0 Å². The Bertz CT molecular complexity index is 374. The van der Waals surface area contributed by atoms with E-state index < -0.39 is 18.4 Å². The minimum absolute atomic E-state index is 0.219. The van der Waals surface area contributed by atoms with Gasteiger partial charge in [0.2, 0.25) is 5.78 Å². The molecule has 1 rings (SSSR count). The van der Waals surface area contributed by atoms with Crippen molar-refractivity contribution in [3.8, 4) is 0 Å². The number of hydrogen-bond donors (Lipinski definition) is 0. The summed E-state index contributed by atoms with van der Waals surface area (Å²) in [7, 11) is 0. The highest BCUT2D eigenvalue weighted by Gasteiger charge is 2.38. The Morgan fingerprint density at radius 1 is 1.27 bits per heavy atom. The summed E-state index contributed by atoms with van der Waals surface area (Å²) in [6, 6.07) is 0. The summed E-state index contributed by atoms with van der Waals surface area (Å²) in [5.41, 5.74) is -0.219. The van der Waals surface area contributed by atoms with E-state index in [0.717, 1.165) is 6.33 Å². The van der Waals surface area contributed by atoms with E-state index in [2.05, 4.69) is 9.97 Å². The minimum atomic E-state index is -4.91. The molecule has 0 aliphatic heterocycles. The monoisotopic (exact) mass is 258 g/mol. The van der Waals surface area contributed by atoms with Crippen LogP contribution < -0.4 is 0 Å². The van der Waals surface area contributed by atoms with E-state index in [4.69, 9.17) is 23.2 Å². The third kappa shape index (κ3) is 3.04. The van der Waals surface area contributed by atoms with Crippen LogP contribution in [-0.2, 0) is 11.2 Å². The van der Waals surface area contributed by atoms with Crippen LogP contribution in [0.1, 0.15) is 5.56 Å². The number of Topliss-reactive ketones (excluding diaryl/α,β-unsaturated/α-hetero) is 1. The molecule has 0 aliphatic carbocycles. The largest absolute Gasteiger partial charge is 0.450 e. The molecule has 1 aromatic rings. The van der Waals surface area contributed by atoms with Gasteiger partial charge in [0.05, 0.1) is 0 Å². The molecule has 0 aromatic carbocycles. The number of halogens is 5. The van der Waals surface area contributed by atoms with Crippen LogP contribution in [-0.4, -0.2) is 21.9 Å². The molecule has 3 nitrogen and oxygen atoms in total. The van der Waals surface area contributed by atoms with E-state index in [1.54, 1.807) is 0 Å². The van der Waals surface area contributed by atoms with E-state index in [1.807, 2.05) is 0 Å². The first kappa shape index (κ1) is 12.2. The van der Waals surface area contributed by atoms with E-state index in [-0.39, 0.29) is 15.9 Å². The van der Waals surface area contributed by atoms with Crippen LogP contribution in [0.4, 0.5) is 13.2 Å². The SMILES string of the molecule is O=C(Cc1c(Cl)ncnc1Cl)C(F)(F)F. The lowest BCUT2D eigenvalue weighted by molar-refractivity contribution is -0.170. The summed E-state index contributed by atoms with van der Waals surface area (Å²) in [6.45, 7) is 0. The van der Waals surface area contributed by atoms with E-state index in [0.29, 0.717) is 0 Å². The molecule has 0 aliphatic rings. The van der Waals surface area contributed by atoms with Gasteiger partial charge in [-0.15, -0.1) is 0 Å². The fourth-order valence-electron chi connectivity index (χ4n) is 0.778. The Labute approximate surface area is 92.2 Å². The molecule has 0 N–H and O–H groups in total. The average molecular weight is 259 g/mol. The molecule has 0 spiro atoms. The molecule has 0 fully saturated rings. The van der Waals surface area contributed by atoms with Crippen molar-refractivity contribution >= 4 is 29.0 Å². The van der Waals surface area contributed by atoms with Crippen molar-refractivity contribution in [2.75, 3.05) is 0 Å². The molecule has 82 valence electrons. The summed E-state index contributed by atoms with van der Waals surface area (Å²) in [6.07, 6.45) is -4.88. The third-order valence-electron chi connectivity index (χ3n) is 1.49. The second-order valence-electron chi connectivity index (χ2n) is 2.53. The highest BCUT2D eigenvalue weighted by Crippen LogP contribution is 2.24. The summed E-state index contributed by atoms with van der Waals surface area (Å²) in [4.78, 5) is 17.5. The van der Waals surface area contributed by atoms with Gasteiger partial charge in [-0.25, -0.2) is 9.97 Å². The maximum atomic E-state index is 11.9. The van der Waals surface area contributed by atoms with Gasteiger partial charge in [-0.3, -0.25) is 4.79 Å². The topological polar surface area (TPSA) is 42.9 Å². The molecule has 0 saturated carbocycles. The van der Waals surface area contributed by atoms with Crippen LogP contribution in [0.5, 0.6) is 0 Å². The maximum absolute atomic E-state index is 11.9. The average Bonchev–Trinajstić information content (AvgIpc) is 2.09. The van der Waals surface area contributed by atoms with Gasteiger partial charge in [-0.05, 0) is 0 Å². The molecule has 0 unspecified atom stereocenters. The number of carbonyl (C=O) groups excluding carboxylic acids is 1. The first-order valence-corrected chi connectivity index (χ1v) is 4.33. The lowest BCUT2D eigenvalue weighted by atomic mass is 10.2. The minimum Gasteiger partial charge on any atom is -0.289 e. The zero-order chi connectivity index (χ0) is 11.6. The van der Waals surface area contributed by atoms with E-state index >= 15 is 0 Å². The molecule has 0 bridgehead atoms. The molecule has 1 heterocycles. The van der Waals surface area contributed by atoms with Crippen LogP contribution in [0.3, 0.4) is 0 Å². The van der Waals surface area contributed by atoms with Crippen LogP contribution >= 0.6 is 23.2 Å². The lowest BCUT2D eigenvalue weighted by Gasteiger charge is -2.06. The van der Waals surface area contributed by atoms with Crippen molar-refractivity contribution in [3.63, 3.8) is 0 Å². The number of rotatable bonds is 2. The van der Waals surface area contributed by atoms with Crippen LogP contribution in [0.25, 0.3) is 0 Å². The van der Waals surface area contributed by atoms with E-state index in [9.17, 15) is 18.0 Å². The Balaban J connectivity index is 2.95. The summed E-state index contributed by atoms with van der Waals surface area (Å²) in [5, 5.41) is -0.514. The standard InChI is InChI=1S/C7H3Cl2F3N2O/c8-5-3(6(9)14-2-13-5)1-4(15)7(10,11)12/h2H,1H2. The van der Waals surface area contributed by atoms with Crippen molar-refractivity contribution in [2.45, 2.75) is 12.6 Å². The Kier molecular flexibility index (Phi) is 3.51. The number of carbonyl (C=O) groups is 1. The summed E-state index contributed by atoms with van der Waals surface area (Å²) >= 11 is 10.9.